The van der Waals surface area contributed by atoms with E-state index in [1.807, 2.05) is 6.92 Å². The number of nitrogens with zero attached hydrogens (tertiary/aromatic N) is 2. The van der Waals surface area contributed by atoms with E-state index in [1.54, 1.807) is 18.7 Å². The second-order valence-electron chi connectivity index (χ2n) is 3.13. The quantitative estimate of drug-likeness (QED) is 0.701. The SMILES string of the molecule is CCOC(=O)CNc1c(N)c(C)nn1C. The molecule has 0 saturated carbocycles. The van der Waals surface area contributed by atoms with Crippen LogP contribution in [0.1, 0.15) is 12.6 Å². The number of aryl methyl sites for hydroxylation is 2. The number of carbonyl (C=O) groups is 1. The van der Waals surface area contributed by atoms with Gasteiger partial charge >= 0.3 is 5.97 Å². The van der Waals surface area contributed by atoms with Gasteiger partial charge in [-0.1, -0.05) is 0 Å². The van der Waals surface area contributed by atoms with E-state index in [-0.39, 0.29) is 12.5 Å². The summed E-state index contributed by atoms with van der Waals surface area (Å²) in [6.07, 6.45) is 0. The minimum absolute atomic E-state index is 0.0943. The Morgan fingerprint density at radius 2 is 2.33 bits per heavy atom. The van der Waals surface area contributed by atoms with Crippen molar-refractivity contribution in [1.29, 1.82) is 0 Å². The number of nitrogens with one attached hydrogen (secondary N) is 1. The Kier molecular flexibility index (Phi) is 3.54. The number of esters is 1. The summed E-state index contributed by atoms with van der Waals surface area (Å²) in [7, 11) is 1.76. The van der Waals surface area contributed by atoms with E-state index in [4.69, 9.17) is 10.5 Å². The highest BCUT2D eigenvalue weighted by Gasteiger charge is 2.10. The molecule has 1 rings (SSSR count). The first-order valence-corrected chi connectivity index (χ1v) is 4.74. The average Bonchev–Trinajstić information content (AvgIpc) is 2.40. The van der Waals surface area contributed by atoms with Crippen LogP contribution < -0.4 is 11.1 Å². The van der Waals surface area contributed by atoms with E-state index in [0.717, 1.165) is 5.69 Å². The molecule has 0 fully saturated rings. The van der Waals surface area contributed by atoms with Gasteiger partial charge in [-0.3, -0.25) is 9.48 Å². The molecule has 0 atom stereocenters. The van der Waals surface area contributed by atoms with Gasteiger partial charge in [-0.05, 0) is 13.8 Å². The summed E-state index contributed by atoms with van der Waals surface area (Å²) in [5.41, 5.74) is 7.06. The molecule has 0 aliphatic heterocycles. The first-order chi connectivity index (χ1) is 7.06. The molecule has 0 aliphatic carbocycles. The molecule has 0 unspecified atom stereocenters. The van der Waals surface area contributed by atoms with Crippen molar-refractivity contribution in [1.82, 2.24) is 9.78 Å². The summed E-state index contributed by atoms with van der Waals surface area (Å²) in [5.74, 6) is 0.330. The van der Waals surface area contributed by atoms with Crippen LogP contribution in [0.4, 0.5) is 11.5 Å². The van der Waals surface area contributed by atoms with Crippen LogP contribution in [0.3, 0.4) is 0 Å². The Morgan fingerprint density at radius 3 is 2.80 bits per heavy atom. The van der Waals surface area contributed by atoms with E-state index < -0.39 is 0 Å². The number of ether oxygens (including phenoxy) is 1. The molecule has 1 aromatic rings. The minimum atomic E-state index is -0.309. The summed E-state index contributed by atoms with van der Waals surface area (Å²) < 4.78 is 6.38. The lowest BCUT2D eigenvalue weighted by Crippen LogP contribution is -2.18. The molecule has 0 aromatic carbocycles. The van der Waals surface area contributed by atoms with Gasteiger partial charge in [0.25, 0.3) is 0 Å². The van der Waals surface area contributed by atoms with Gasteiger partial charge in [0.05, 0.1) is 18.0 Å². The van der Waals surface area contributed by atoms with Crippen LogP contribution in [0.5, 0.6) is 0 Å². The van der Waals surface area contributed by atoms with Gasteiger partial charge in [0.2, 0.25) is 0 Å². The fourth-order valence-corrected chi connectivity index (χ4v) is 1.25. The Bertz CT molecular complexity index is 359. The van der Waals surface area contributed by atoms with E-state index in [9.17, 15) is 4.79 Å². The van der Waals surface area contributed by atoms with Gasteiger partial charge in [-0.2, -0.15) is 5.10 Å². The predicted molar refractivity (Wildman–Crippen MR) is 57.5 cm³/mol. The lowest BCUT2D eigenvalue weighted by Gasteiger charge is -2.06. The smallest absolute Gasteiger partial charge is 0.325 e. The van der Waals surface area contributed by atoms with Gasteiger partial charge in [0.1, 0.15) is 12.4 Å². The molecule has 84 valence electrons. The molecule has 0 bridgehead atoms. The lowest BCUT2D eigenvalue weighted by atomic mass is 10.4. The van der Waals surface area contributed by atoms with Crippen molar-refractivity contribution in [3.8, 4) is 0 Å². The molecule has 1 aromatic heterocycles. The molecule has 0 radical (unpaired) electrons. The van der Waals surface area contributed by atoms with Crippen LogP contribution in [0.15, 0.2) is 0 Å². The van der Waals surface area contributed by atoms with Crippen molar-refractivity contribution in [3.63, 3.8) is 0 Å². The molecule has 6 nitrogen and oxygen atoms in total. The van der Waals surface area contributed by atoms with Gasteiger partial charge < -0.3 is 15.8 Å². The number of hydrogen-bond acceptors (Lipinski definition) is 5. The summed E-state index contributed by atoms with van der Waals surface area (Å²) in [6.45, 7) is 4.04. The molecule has 0 aliphatic rings. The van der Waals surface area contributed by atoms with Crippen molar-refractivity contribution in [2.45, 2.75) is 13.8 Å². The number of anilines is 2. The molecular formula is C9H16N4O2. The maximum absolute atomic E-state index is 11.1. The Hall–Kier alpha value is -1.72. The first-order valence-electron chi connectivity index (χ1n) is 4.74. The Labute approximate surface area is 88.4 Å². The third-order valence-corrected chi connectivity index (χ3v) is 1.97. The number of rotatable bonds is 4. The van der Waals surface area contributed by atoms with E-state index >= 15 is 0 Å². The molecule has 0 spiro atoms. The zero-order valence-electron chi connectivity index (χ0n) is 9.20. The summed E-state index contributed by atoms with van der Waals surface area (Å²) in [5, 5.41) is 7.00. The maximum atomic E-state index is 11.1. The normalized spacial score (nSPS) is 10.1. The minimum Gasteiger partial charge on any atom is -0.465 e. The third-order valence-electron chi connectivity index (χ3n) is 1.97. The summed E-state index contributed by atoms with van der Waals surface area (Å²) >= 11 is 0. The largest absolute Gasteiger partial charge is 0.465 e. The van der Waals surface area contributed by atoms with Gasteiger partial charge in [0, 0.05) is 7.05 Å². The van der Waals surface area contributed by atoms with Crippen LogP contribution in [-0.4, -0.2) is 28.9 Å². The van der Waals surface area contributed by atoms with Crippen LogP contribution in [-0.2, 0) is 16.6 Å². The highest BCUT2D eigenvalue weighted by atomic mass is 16.5. The van der Waals surface area contributed by atoms with Crippen molar-refractivity contribution < 1.29 is 9.53 Å². The summed E-state index contributed by atoms with van der Waals surface area (Å²) in [6, 6.07) is 0. The van der Waals surface area contributed by atoms with Crippen LogP contribution in [0, 0.1) is 6.92 Å². The van der Waals surface area contributed by atoms with Gasteiger partial charge in [0.15, 0.2) is 0 Å². The molecule has 6 heteroatoms. The van der Waals surface area contributed by atoms with E-state index in [0.29, 0.717) is 18.1 Å². The standard InChI is InChI=1S/C9H16N4O2/c1-4-15-7(14)5-11-9-8(10)6(2)12-13(9)3/h11H,4-5,10H2,1-3H3. The summed E-state index contributed by atoms with van der Waals surface area (Å²) in [4.78, 5) is 11.1. The van der Waals surface area contributed by atoms with Crippen molar-refractivity contribution in [2.75, 3.05) is 24.2 Å². The number of hydrogen-bond donors (Lipinski definition) is 2. The average molecular weight is 212 g/mol. The fraction of sp³-hybridized carbons (Fsp3) is 0.556. The predicted octanol–water partition coefficient (Wildman–Crippen LogP) is 0.286. The number of nitrogens with two attached hydrogens (primary N) is 1. The molecular weight excluding hydrogens is 196 g/mol. The van der Waals surface area contributed by atoms with Crippen LogP contribution in [0.25, 0.3) is 0 Å². The van der Waals surface area contributed by atoms with Gasteiger partial charge in [-0.25, -0.2) is 0 Å². The van der Waals surface area contributed by atoms with E-state index in [1.165, 1.54) is 0 Å². The molecule has 0 amide bonds. The van der Waals surface area contributed by atoms with Crippen LogP contribution in [0.2, 0.25) is 0 Å². The number of carbonyl (C=O) groups excluding carboxylic acids is 1. The first kappa shape index (κ1) is 11.4. The molecule has 1 heterocycles. The highest BCUT2D eigenvalue weighted by Crippen LogP contribution is 2.20. The lowest BCUT2D eigenvalue weighted by molar-refractivity contribution is -0.140. The fourth-order valence-electron chi connectivity index (χ4n) is 1.25. The van der Waals surface area contributed by atoms with E-state index in [2.05, 4.69) is 10.4 Å². The second kappa shape index (κ2) is 4.68. The monoisotopic (exact) mass is 212 g/mol. The maximum Gasteiger partial charge on any atom is 0.325 e. The van der Waals surface area contributed by atoms with Crippen LogP contribution >= 0.6 is 0 Å². The highest BCUT2D eigenvalue weighted by molar-refractivity contribution is 5.76. The third kappa shape index (κ3) is 2.61. The molecule has 0 saturated heterocycles. The molecule has 3 N–H and O–H groups in total. The van der Waals surface area contributed by atoms with Gasteiger partial charge in [-0.15, -0.1) is 0 Å². The topological polar surface area (TPSA) is 82.2 Å². The van der Waals surface area contributed by atoms with Crippen molar-refractivity contribution >= 4 is 17.5 Å². The molecule has 15 heavy (non-hydrogen) atoms. The van der Waals surface area contributed by atoms with Crippen molar-refractivity contribution in [2.24, 2.45) is 7.05 Å². The second-order valence-corrected chi connectivity index (χ2v) is 3.13. The number of aromatic nitrogens is 2. The zero-order valence-corrected chi connectivity index (χ0v) is 9.20. The van der Waals surface area contributed by atoms with Crippen molar-refractivity contribution in [3.05, 3.63) is 5.69 Å². The zero-order chi connectivity index (χ0) is 11.4. The Balaban J connectivity index is 2.61. The number of nitrogen functional groups attached to an aromatic ring is 1. The Morgan fingerprint density at radius 1 is 1.67 bits per heavy atom.